The number of rotatable bonds is 5. The Labute approximate surface area is 169 Å². The van der Waals surface area contributed by atoms with Gasteiger partial charge in [0.2, 0.25) is 0 Å². The molecule has 3 N–H and O–H groups in total. The highest BCUT2D eigenvalue weighted by Crippen LogP contribution is 2.30. The van der Waals surface area contributed by atoms with E-state index in [4.69, 9.17) is 11.6 Å². The van der Waals surface area contributed by atoms with E-state index in [0.717, 1.165) is 28.7 Å². The largest absolute Gasteiger partial charge is 0.358 e. The Morgan fingerprint density at radius 2 is 2.19 bits per heavy atom. The van der Waals surface area contributed by atoms with Gasteiger partial charge in [-0.05, 0) is 49.4 Å². The van der Waals surface area contributed by atoms with Crippen molar-refractivity contribution in [1.29, 1.82) is 0 Å². The minimum atomic E-state index is -0.0635. The zero-order chi connectivity index (χ0) is 18.1. The molecule has 0 bridgehead atoms. The second-order valence-electron chi connectivity index (χ2n) is 6.88. The number of hydrogen-bond acceptors (Lipinski definition) is 3. The Hall–Kier alpha value is -2.24. The Morgan fingerprint density at radius 3 is 2.89 bits per heavy atom. The van der Waals surface area contributed by atoms with E-state index in [1.54, 1.807) is 6.20 Å². The molecule has 1 fully saturated rings. The molecule has 0 radical (unpaired) electrons. The number of aromatic nitrogens is 2. The van der Waals surface area contributed by atoms with Crippen LogP contribution in [0, 0.1) is 12.8 Å². The van der Waals surface area contributed by atoms with Crippen molar-refractivity contribution in [2.45, 2.75) is 26.2 Å². The van der Waals surface area contributed by atoms with Gasteiger partial charge in [-0.1, -0.05) is 24.1 Å². The van der Waals surface area contributed by atoms with Crippen LogP contribution in [0.1, 0.15) is 35.2 Å². The summed E-state index contributed by atoms with van der Waals surface area (Å²) in [5.41, 5.74) is 3.29. The number of nitrogens with zero attached hydrogens (tertiary/aromatic N) is 1. The fourth-order valence-corrected chi connectivity index (χ4v) is 3.50. The van der Waals surface area contributed by atoms with Crippen LogP contribution in [0.5, 0.6) is 0 Å². The molecular formula is C20H22Cl2N4O. The van der Waals surface area contributed by atoms with Gasteiger partial charge in [-0.3, -0.25) is 4.79 Å². The molecule has 5 nitrogen and oxygen atoms in total. The summed E-state index contributed by atoms with van der Waals surface area (Å²) in [4.78, 5) is 20.4. The van der Waals surface area contributed by atoms with E-state index in [1.807, 2.05) is 37.4 Å². The summed E-state index contributed by atoms with van der Waals surface area (Å²) in [6.45, 7) is 2.73. The summed E-state index contributed by atoms with van der Waals surface area (Å²) in [5, 5.41) is 7.89. The van der Waals surface area contributed by atoms with E-state index in [0.29, 0.717) is 22.3 Å². The van der Waals surface area contributed by atoms with Crippen molar-refractivity contribution in [3.05, 3.63) is 52.8 Å². The van der Waals surface area contributed by atoms with E-state index < -0.39 is 0 Å². The first-order chi connectivity index (χ1) is 12.6. The number of fused-ring (bicyclic) bond motifs is 1. The molecule has 1 amide bonds. The maximum absolute atomic E-state index is 12.7. The first-order valence-corrected chi connectivity index (χ1v) is 9.27. The molecule has 0 saturated heterocycles. The van der Waals surface area contributed by atoms with Crippen LogP contribution in [0.2, 0.25) is 5.02 Å². The molecular weight excluding hydrogens is 383 g/mol. The third kappa shape index (κ3) is 4.04. The molecule has 0 spiro atoms. The smallest absolute Gasteiger partial charge is 0.253 e. The zero-order valence-corrected chi connectivity index (χ0v) is 16.6. The molecule has 0 aliphatic heterocycles. The quantitative estimate of drug-likeness (QED) is 0.545. The fraction of sp³-hybridized carbons (Fsp3) is 0.300. The van der Waals surface area contributed by atoms with E-state index >= 15 is 0 Å². The predicted molar refractivity (Wildman–Crippen MR) is 112 cm³/mol. The van der Waals surface area contributed by atoms with E-state index in [-0.39, 0.29) is 18.3 Å². The highest BCUT2D eigenvalue weighted by molar-refractivity contribution is 6.30. The summed E-state index contributed by atoms with van der Waals surface area (Å²) < 4.78 is 0. The minimum absolute atomic E-state index is 0. The lowest BCUT2D eigenvalue weighted by atomic mass is 9.85. The molecule has 1 aromatic carbocycles. The van der Waals surface area contributed by atoms with Gasteiger partial charge in [0, 0.05) is 35.0 Å². The van der Waals surface area contributed by atoms with Gasteiger partial charge in [0.25, 0.3) is 5.91 Å². The van der Waals surface area contributed by atoms with Gasteiger partial charge in [-0.25, -0.2) is 4.98 Å². The van der Waals surface area contributed by atoms with Crippen LogP contribution < -0.4 is 10.6 Å². The van der Waals surface area contributed by atoms with Gasteiger partial charge >= 0.3 is 0 Å². The Balaban J connectivity index is 0.00000210. The van der Waals surface area contributed by atoms with Crippen LogP contribution in [0.3, 0.4) is 0 Å². The number of anilines is 2. The van der Waals surface area contributed by atoms with Gasteiger partial charge in [0.15, 0.2) is 5.82 Å². The molecule has 1 saturated carbocycles. The maximum atomic E-state index is 12.7. The second-order valence-corrected chi connectivity index (χ2v) is 7.32. The van der Waals surface area contributed by atoms with Crippen LogP contribution in [-0.4, -0.2) is 22.4 Å². The molecule has 2 heterocycles. The number of pyridine rings is 1. The summed E-state index contributed by atoms with van der Waals surface area (Å²) in [6, 6.07) is 7.46. The molecule has 27 heavy (non-hydrogen) atoms. The Bertz CT molecular complexity index is 966. The number of carbonyl (C=O) groups excluding carboxylic acids is 1. The number of carbonyl (C=O) groups is 1. The molecule has 1 aliphatic rings. The number of amides is 1. The second kappa shape index (κ2) is 8.19. The number of halogens is 2. The molecule has 4 rings (SSSR count). The van der Waals surface area contributed by atoms with Gasteiger partial charge in [0.05, 0.1) is 11.1 Å². The molecule has 3 aromatic rings. The highest BCUT2D eigenvalue weighted by Gasteiger charge is 2.21. The lowest BCUT2D eigenvalue weighted by Gasteiger charge is -2.25. The predicted octanol–water partition coefficient (Wildman–Crippen LogP) is 5.22. The molecule has 0 atom stereocenters. The number of aromatic amines is 1. The third-order valence-electron chi connectivity index (χ3n) is 5.01. The van der Waals surface area contributed by atoms with Gasteiger partial charge in [0.1, 0.15) is 0 Å². The fourth-order valence-electron chi connectivity index (χ4n) is 3.31. The Morgan fingerprint density at radius 1 is 1.37 bits per heavy atom. The maximum Gasteiger partial charge on any atom is 0.253 e. The third-order valence-corrected chi connectivity index (χ3v) is 5.25. The van der Waals surface area contributed by atoms with Gasteiger partial charge in [-0.15, -0.1) is 12.4 Å². The first kappa shape index (κ1) is 19.5. The molecule has 0 unspecified atom stereocenters. The normalized spacial score (nSPS) is 13.7. The Kier molecular flexibility index (Phi) is 5.92. The minimum Gasteiger partial charge on any atom is -0.358 e. The summed E-state index contributed by atoms with van der Waals surface area (Å²) in [7, 11) is 0. The van der Waals surface area contributed by atoms with Crippen molar-refractivity contribution in [2.75, 3.05) is 11.9 Å². The number of hydrogen-bond donors (Lipinski definition) is 3. The molecule has 2 aromatic heterocycles. The number of benzene rings is 1. The number of H-pyrrole nitrogens is 1. The van der Waals surface area contributed by atoms with E-state index in [1.165, 1.54) is 19.3 Å². The molecule has 1 aliphatic carbocycles. The van der Waals surface area contributed by atoms with Crippen LogP contribution in [0.25, 0.3) is 10.9 Å². The monoisotopic (exact) mass is 404 g/mol. The van der Waals surface area contributed by atoms with Crippen LogP contribution in [0.4, 0.5) is 11.5 Å². The lowest BCUT2D eigenvalue weighted by molar-refractivity contribution is 0.0940. The van der Waals surface area contributed by atoms with Gasteiger partial charge in [-0.2, -0.15) is 0 Å². The van der Waals surface area contributed by atoms with Crippen molar-refractivity contribution < 1.29 is 4.79 Å². The summed E-state index contributed by atoms with van der Waals surface area (Å²) in [6.07, 6.45) is 7.23. The standard InChI is InChI=1S/C20H21ClN4O.ClH/c1-12-9-22-18-17(12)16(20(26)24-10-13-4-2-5-13)11-23-19(18)25-15-7-3-6-14(21)8-15;/h3,6-9,11,13,22H,2,4-5,10H2,1H3,(H,23,25)(H,24,26);1H. The highest BCUT2D eigenvalue weighted by atomic mass is 35.5. The van der Waals surface area contributed by atoms with Crippen molar-refractivity contribution in [1.82, 2.24) is 15.3 Å². The summed E-state index contributed by atoms with van der Waals surface area (Å²) >= 11 is 6.06. The number of aryl methyl sites for hydroxylation is 1. The van der Waals surface area contributed by atoms with Crippen LogP contribution >= 0.6 is 24.0 Å². The average Bonchev–Trinajstić information content (AvgIpc) is 2.96. The average molecular weight is 405 g/mol. The van der Waals surface area contributed by atoms with Crippen molar-refractivity contribution >= 4 is 52.3 Å². The van der Waals surface area contributed by atoms with Crippen LogP contribution in [0.15, 0.2) is 36.7 Å². The lowest BCUT2D eigenvalue weighted by Crippen LogP contribution is -2.32. The van der Waals surface area contributed by atoms with Crippen LogP contribution in [-0.2, 0) is 0 Å². The SMILES string of the molecule is Cc1c[nH]c2c(Nc3cccc(Cl)c3)ncc(C(=O)NCC3CCC3)c12.Cl. The number of nitrogens with one attached hydrogen (secondary N) is 3. The van der Waals surface area contributed by atoms with Gasteiger partial charge < -0.3 is 15.6 Å². The topological polar surface area (TPSA) is 69.8 Å². The summed E-state index contributed by atoms with van der Waals surface area (Å²) in [5.74, 6) is 1.23. The van der Waals surface area contributed by atoms with E-state index in [9.17, 15) is 4.79 Å². The molecule has 7 heteroatoms. The zero-order valence-electron chi connectivity index (χ0n) is 15.0. The van der Waals surface area contributed by atoms with E-state index in [2.05, 4.69) is 20.6 Å². The van der Waals surface area contributed by atoms with Crippen molar-refractivity contribution in [3.63, 3.8) is 0 Å². The first-order valence-electron chi connectivity index (χ1n) is 8.89. The van der Waals surface area contributed by atoms with Crippen molar-refractivity contribution in [2.24, 2.45) is 5.92 Å². The molecule has 142 valence electrons. The van der Waals surface area contributed by atoms with Crippen molar-refractivity contribution in [3.8, 4) is 0 Å².